The highest BCUT2D eigenvalue weighted by Gasteiger charge is 2.62. The van der Waals surface area contributed by atoms with E-state index in [0.29, 0.717) is 48.5 Å². The number of amides is 3. The molecule has 0 bridgehead atoms. The smallest absolute Gasteiger partial charge is 0.259 e. The molecule has 2 aromatic heterocycles. The molecule has 0 spiro atoms. The molecule has 3 saturated carbocycles. The van der Waals surface area contributed by atoms with E-state index in [4.69, 9.17) is 19.4 Å². The van der Waals surface area contributed by atoms with E-state index in [2.05, 4.69) is 23.9 Å². The first-order valence-electron chi connectivity index (χ1n) is 18.2. The van der Waals surface area contributed by atoms with Crippen LogP contribution >= 0.6 is 11.3 Å². The lowest BCUT2D eigenvalue weighted by atomic mass is 9.93. The molecule has 278 valence electrons. The number of methoxy groups -OCH3 is 1. The molecule has 7 rings (SSSR count). The van der Waals surface area contributed by atoms with E-state index < -0.39 is 50.6 Å². The van der Waals surface area contributed by atoms with Crippen LogP contribution in [0.25, 0.3) is 21.6 Å². The van der Waals surface area contributed by atoms with Crippen LogP contribution in [0.4, 0.5) is 0 Å². The number of hydrogen-bond donors (Lipinski definition) is 2. The second-order valence-corrected chi connectivity index (χ2v) is 17.9. The van der Waals surface area contributed by atoms with E-state index in [9.17, 15) is 22.8 Å². The number of hydrogen-bond acceptors (Lipinski definition) is 10. The van der Waals surface area contributed by atoms with Crippen LogP contribution in [-0.4, -0.2) is 78.6 Å². The monoisotopic (exact) mass is 749 g/mol. The Labute approximate surface area is 308 Å². The summed E-state index contributed by atoms with van der Waals surface area (Å²) in [5, 5.41) is 5.95. The van der Waals surface area contributed by atoms with Gasteiger partial charge < -0.3 is 19.7 Å². The number of sulfonamides is 1. The molecule has 3 aromatic rings. The van der Waals surface area contributed by atoms with E-state index in [1.54, 1.807) is 19.1 Å². The summed E-state index contributed by atoms with van der Waals surface area (Å²) in [5.74, 6) is -1.63. The predicted molar refractivity (Wildman–Crippen MR) is 199 cm³/mol. The van der Waals surface area contributed by atoms with E-state index in [-0.39, 0.29) is 30.6 Å². The van der Waals surface area contributed by atoms with E-state index in [1.807, 2.05) is 42.7 Å². The fourth-order valence-electron chi connectivity index (χ4n) is 7.55. The minimum Gasteiger partial charge on any atom is -0.496 e. The molecule has 0 radical (unpaired) electrons. The number of carbonyl (C=O) groups is 3. The van der Waals surface area contributed by atoms with Crippen LogP contribution in [-0.2, 0) is 24.4 Å². The molecular weight excluding hydrogens is 703 g/mol. The predicted octanol–water partition coefficient (Wildman–Crippen LogP) is 5.25. The Balaban J connectivity index is 1.21. The average Bonchev–Trinajstić information content (AvgIpc) is 3.98. The van der Waals surface area contributed by atoms with Crippen LogP contribution in [0.1, 0.15) is 82.4 Å². The number of nitrogens with zero attached hydrogens (tertiary/aromatic N) is 3. The quantitative estimate of drug-likeness (QED) is 0.294. The number of benzene rings is 1. The van der Waals surface area contributed by atoms with Gasteiger partial charge in [-0.25, -0.2) is 18.4 Å². The van der Waals surface area contributed by atoms with Crippen LogP contribution in [0.5, 0.6) is 11.5 Å². The zero-order valence-electron chi connectivity index (χ0n) is 30.3. The summed E-state index contributed by atoms with van der Waals surface area (Å²) in [6, 6.07) is 5.66. The number of carbonyl (C=O) groups excluding carboxylic acids is 3. The number of aromatic nitrogens is 2. The number of pyridine rings is 1. The van der Waals surface area contributed by atoms with Crippen LogP contribution in [0, 0.1) is 24.7 Å². The third-order valence-electron chi connectivity index (χ3n) is 11.0. The van der Waals surface area contributed by atoms with Crippen molar-refractivity contribution in [2.45, 2.75) is 94.9 Å². The molecular formula is C38H47N5O7S2. The molecule has 0 saturated heterocycles. The maximum Gasteiger partial charge on any atom is 0.259 e. The van der Waals surface area contributed by atoms with Crippen LogP contribution in [0.15, 0.2) is 35.7 Å². The maximum absolute atomic E-state index is 14.3. The van der Waals surface area contributed by atoms with Gasteiger partial charge in [-0.1, -0.05) is 26.0 Å². The standard InChI is InChI=1S/C38H47N5O7S2/c1-21(2)30-20-51-35(40-30)29-18-32(26-13-14-31(49-5)22(3)33(26)39-29)50-24-16-27-28(17-24)36(45)43(4)15-9-7-6-8-10-23-19-38(23,41-34(27)44)37(46)42-52(47,48)25-11-12-25/h8,10,13-14,18,20-21,23-25,27-28H,6-7,9,11-12,15-17,19H2,1-5H3,(H,41,44)(H,42,46)/b10-8-/t23-,24-,27-,28+,38-/m0/s1. The molecule has 3 heterocycles. The minimum atomic E-state index is -3.83. The first-order chi connectivity index (χ1) is 24.8. The third-order valence-corrected chi connectivity index (χ3v) is 13.7. The lowest BCUT2D eigenvalue weighted by Gasteiger charge is -2.26. The molecule has 3 fully saturated rings. The first kappa shape index (κ1) is 36.3. The summed E-state index contributed by atoms with van der Waals surface area (Å²) < 4.78 is 40.2. The molecule has 12 nitrogen and oxygen atoms in total. The highest BCUT2D eigenvalue weighted by molar-refractivity contribution is 7.91. The summed E-state index contributed by atoms with van der Waals surface area (Å²) in [5.41, 5.74) is 1.79. The molecule has 4 aliphatic rings. The molecule has 2 N–H and O–H groups in total. The average molecular weight is 750 g/mol. The summed E-state index contributed by atoms with van der Waals surface area (Å²) >= 11 is 1.51. The number of ether oxygens (including phenoxy) is 2. The lowest BCUT2D eigenvalue weighted by molar-refractivity contribution is -0.140. The Morgan fingerprint density at radius 1 is 1.12 bits per heavy atom. The molecule has 3 aliphatic carbocycles. The number of aryl methyl sites for hydroxylation is 1. The number of fused-ring (bicyclic) bond motifs is 3. The largest absolute Gasteiger partial charge is 0.496 e. The fourth-order valence-corrected chi connectivity index (χ4v) is 9.85. The van der Waals surface area contributed by atoms with Gasteiger partial charge in [-0.3, -0.25) is 19.1 Å². The van der Waals surface area contributed by atoms with E-state index in [1.165, 1.54) is 11.3 Å². The van der Waals surface area contributed by atoms with Gasteiger partial charge in [0.15, 0.2) is 0 Å². The highest BCUT2D eigenvalue weighted by Crippen LogP contribution is 2.47. The highest BCUT2D eigenvalue weighted by atomic mass is 32.2. The Bertz CT molecular complexity index is 2040. The van der Waals surface area contributed by atoms with Gasteiger partial charge in [-0.2, -0.15) is 0 Å². The van der Waals surface area contributed by atoms with Crippen molar-refractivity contribution < 1.29 is 32.3 Å². The Morgan fingerprint density at radius 2 is 1.88 bits per heavy atom. The van der Waals surface area contributed by atoms with Crippen molar-refractivity contribution in [2.24, 2.45) is 17.8 Å². The lowest BCUT2D eigenvalue weighted by Crippen LogP contribution is -2.54. The van der Waals surface area contributed by atoms with Crippen molar-refractivity contribution in [3.63, 3.8) is 0 Å². The topological polar surface area (TPSA) is 157 Å². The van der Waals surface area contributed by atoms with Crippen molar-refractivity contribution in [3.05, 3.63) is 47.0 Å². The van der Waals surface area contributed by atoms with E-state index >= 15 is 0 Å². The Hall–Kier alpha value is -4.04. The zero-order chi connectivity index (χ0) is 36.9. The maximum atomic E-state index is 14.3. The molecule has 14 heteroatoms. The van der Waals surface area contributed by atoms with E-state index in [0.717, 1.165) is 40.9 Å². The van der Waals surface area contributed by atoms with Gasteiger partial charge in [0, 0.05) is 41.9 Å². The number of rotatable bonds is 8. The van der Waals surface area contributed by atoms with Crippen molar-refractivity contribution in [2.75, 3.05) is 20.7 Å². The van der Waals surface area contributed by atoms with Gasteiger partial charge in [0.05, 0.1) is 35.4 Å². The SMILES string of the molecule is COc1ccc2c(O[C@H]3C[C@@H]4C(=O)N[C@@]5(C(=O)NS(=O)(=O)C6CC6)C[C@@H]5/C=C\CCCCN(C)C(=O)[C@@H]4C3)cc(-c3nc(C(C)C)cs3)nc2c1C. The van der Waals surface area contributed by atoms with Gasteiger partial charge in [-0.05, 0) is 76.3 Å². The normalized spacial score (nSPS) is 27.4. The molecule has 1 aliphatic heterocycles. The summed E-state index contributed by atoms with van der Waals surface area (Å²) in [7, 11) is -0.445. The van der Waals surface area contributed by atoms with Crippen molar-refractivity contribution in [3.8, 4) is 22.2 Å². The second kappa shape index (κ2) is 14.1. The van der Waals surface area contributed by atoms with Crippen molar-refractivity contribution in [1.29, 1.82) is 0 Å². The minimum absolute atomic E-state index is 0.147. The zero-order valence-corrected chi connectivity index (χ0v) is 31.9. The van der Waals surface area contributed by atoms with Gasteiger partial charge in [0.2, 0.25) is 21.8 Å². The number of nitrogens with one attached hydrogen (secondary N) is 2. The molecule has 0 unspecified atom stereocenters. The van der Waals surface area contributed by atoms with Gasteiger partial charge in [0.1, 0.15) is 33.8 Å². The van der Waals surface area contributed by atoms with Crippen LogP contribution in [0.3, 0.4) is 0 Å². The van der Waals surface area contributed by atoms with Crippen LogP contribution in [0.2, 0.25) is 0 Å². The molecule has 1 aromatic carbocycles. The summed E-state index contributed by atoms with van der Waals surface area (Å²) in [6.07, 6.45) is 7.61. The third kappa shape index (κ3) is 7.03. The fraction of sp³-hybridized carbons (Fsp3) is 0.553. The van der Waals surface area contributed by atoms with Crippen LogP contribution < -0.4 is 19.5 Å². The van der Waals surface area contributed by atoms with Gasteiger partial charge in [0.25, 0.3) is 5.91 Å². The Morgan fingerprint density at radius 3 is 2.60 bits per heavy atom. The molecule has 5 atom stereocenters. The number of allylic oxidation sites excluding steroid dienone is 1. The van der Waals surface area contributed by atoms with Gasteiger partial charge >= 0.3 is 0 Å². The second-order valence-electron chi connectivity index (χ2n) is 15.1. The first-order valence-corrected chi connectivity index (χ1v) is 20.6. The molecule has 3 amide bonds. The van der Waals surface area contributed by atoms with Crippen molar-refractivity contribution in [1.82, 2.24) is 24.9 Å². The summed E-state index contributed by atoms with van der Waals surface area (Å²) in [6.45, 7) is 6.69. The molecule has 52 heavy (non-hydrogen) atoms. The summed E-state index contributed by atoms with van der Waals surface area (Å²) in [4.78, 5) is 53.5. The van der Waals surface area contributed by atoms with Gasteiger partial charge in [-0.15, -0.1) is 11.3 Å². The van der Waals surface area contributed by atoms with Crippen molar-refractivity contribution >= 4 is 50.0 Å². The Kier molecular flexibility index (Phi) is 9.83. The number of thiazole rings is 1.